The molecule has 0 aromatic heterocycles. The van der Waals surface area contributed by atoms with Gasteiger partial charge < -0.3 is 23.8 Å². The maximum absolute atomic E-state index is 13.5. The SMILES string of the molecule is CCS(=O)(=O)Nc1cc(N2CCc3cc(-c4ccc(OC(F)(F)F)cc4)ccc3C2=O)ccc1OCOCCOC. The number of rotatable bonds is 12. The molecule has 1 aliphatic heterocycles. The van der Waals surface area contributed by atoms with Crippen LogP contribution in [0.2, 0.25) is 0 Å². The molecule has 0 bridgehead atoms. The van der Waals surface area contributed by atoms with Gasteiger partial charge >= 0.3 is 6.36 Å². The summed E-state index contributed by atoms with van der Waals surface area (Å²) < 4.78 is 84.3. The summed E-state index contributed by atoms with van der Waals surface area (Å²) in [5.41, 5.74) is 3.33. The summed E-state index contributed by atoms with van der Waals surface area (Å²) >= 11 is 0. The summed E-state index contributed by atoms with van der Waals surface area (Å²) in [7, 11) is -2.10. The minimum absolute atomic E-state index is 0.125. The van der Waals surface area contributed by atoms with Gasteiger partial charge in [0.1, 0.15) is 11.5 Å². The molecule has 13 heteroatoms. The lowest BCUT2D eigenvalue weighted by atomic mass is 9.93. The fourth-order valence-electron chi connectivity index (χ4n) is 4.20. The maximum atomic E-state index is 13.5. The van der Waals surface area contributed by atoms with Gasteiger partial charge in [0.05, 0.1) is 24.7 Å². The third-order valence-electron chi connectivity index (χ3n) is 6.26. The van der Waals surface area contributed by atoms with Crippen molar-refractivity contribution in [3.05, 3.63) is 71.8 Å². The highest BCUT2D eigenvalue weighted by molar-refractivity contribution is 7.92. The number of nitrogens with one attached hydrogen (secondary N) is 1. The van der Waals surface area contributed by atoms with Gasteiger partial charge in [-0.3, -0.25) is 9.52 Å². The van der Waals surface area contributed by atoms with Gasteiger partial charge in [-0.15, -0.1) is 13.2 Å². The molecular weight excluding hydrogens is 565 g/mol. The van der Waals surface area contributed by atoms with Crippen molar-refractivity contribution in [2.75, 3.05) is 49.0 Å². The van der Waals surface area contributed by atoms with Gasteiger partial charge in [0.15, 0.2) is 6.79 Å². The van der Waals surface area contributed by atoms with Crippen molar-refractivity contribution >= 4 is 27.3 Å². The van der Waals surface area contributed by atoms with Crippen LogP contribution in [0, 0.1) is 0 Å². The Bertz CT molecular complexity index is 1480. The first-order chi connectivity index (χ1) is 19.5. The standard InChI is InChI=1S/C28H29F3N2O7S/c1-3-41(35,36)32-25-17-22(7-11-26(25)39-18-38-15-14-37-2)33-13-12-21-16-20(6-10-24(21)27(33)34)19-4-8-23(9-5-19)40-28(29,30)31/h4-11,16-17,32H,3,12-15,18H2,1-2H3. The van der Waals surface area contributed by atoms with Crippen LogP contribution in [0.5, 0.6) is 11.5 Å². The van der Waals surface area contributed by atoms with Crippen LogP contribution in [0.4, 0.5) is 24.5 Å². The zero-order chi connectivity index (χ0) is 29.6. The average Bonchev–Trinajstić information content (AvgIpc) is 2.93. The van der Waals surface area contributed by atoms with Crippen molar-refractivity contribution in [1.29, 1.82) is 0 Å². The van der Waals surface area contributed by atoms with Crippen LogP contribution in [0.3, 0.4) is 0 Å². The number of fused-ring (bicyclic) bond motifs is 1. The third-order valence-corrected chi connectivity index (χ3v) is 7.55. The average molecular weight is 595 g/mol. The highest BCUT2D eigenvalue weighted by atomic mass is 32.2. The van der Waals surface area contributed by atoms with E-state index < -0.39 is 16.4 Å². The van der Waals surface area contributed by atoms with Crippen LogP contribution in [0.15, 0.2) is 60.7 Å². The molecule has 4 rings (SSSR count). The molecule has 220 valence electrons. The number of hydrogen-bond acceptors (Lipinski definition) is 7. The van der Waals surface area contributed by atoms with Gasteiger partial charge in [0, 0.05) is 24.9 Å². The predicted molar refractivity (Wildman–Crippen MR) is 147 cm³/mol. The lowest BCUT2D eigenvalue weighted by molar-refractivity contribution is -0.274. The van der Waals surface area contributed by atoms with E-state index in [1.807, 2.05) is 6.07 Å². The Kier molecular flexibility index (Phi) is 9.41. The maximum Gasteiger partial charge on any atom is 0.573 e. The van der Waals surface area contributed by atoms with Gasteiger partial charge in [-0.2, -0.15) is 0 Å². The fourth-order valence-corrected chi connectivity index (χ4v) is 4.84. The number of hydrogen-bond donors (Lipinski definition) is 1. The molecule has 0 saturated heterocycles. The van der Waals surface area contributed by atoms with E-state index in [0.717, 1.165) is 11.1 Å². The van der Waals surface area contributed by atoms with Crippen molar-refractivity contribution in [2.24, 2.45) is 0 Å². The van der Waals surface area contributed by atoms with E-state index in [9.17, 15) is 26.4 Å². The number of carbonyl (C=O) groups excluding carboxylic acids is 1. The Labute approximate surface area is 235 Å². The van der Waals surface area contributed by atoms with Crippen molar-refractivity contribution in [2.45, 2.75) is 19.7 Å². The molecule has 1 N–H and O–H groups in total. The molecule has 0 unspecified atom stereocenters. The second-order valence-corrected chi connectivity index (χ2v) is 11.0. The van der Waals surface area contributed by atoms with Crippen LogP contribution < -0.4 is 19.1 Å². The number of anilines is 2. The van der Waals surface area contributed by atoms with Gasteiger partial charge in [-0.25, -0.2) is 8.42 Å². The highest BCUT2D eigenvalue weighted by Crippen LogP contribution is 2.34. The number of halogens is 3. The van der Waals surface area contributed by atoms with Gasteiger partial charge in [0.2, 0.25) is 10.0 Å². The number of alkyl halides is 3. The fraction of sp³-hybridized carbons (Fsp3) is 0.321. The lowest BCUT2D eigenvalue weighted by Crippen LogP contribution is -2.37. The van der Waals surface area contributed by atoms with E-state index in [4.69, 9.17) is 14.2 Å². The summed E-state index contributed by atoms with van der Waals surface area (Å²) in [6.45, 7) is 2.38. The Morgan fingerprint density at radius 1 is 0.976 bits per heavy atom. The van der Waals surface area contributed by atoms with Crippen molar-refractivity contribution in [3.8, 4) is 22.6 Å². The van der Waals surface area contributed by atoms with E-state index >= 15 is 0 Å². The van der Waals surface area contributed by atoms with E-state index in [2.05, 4.69) is 9.46 Å². The Balaban J connectivity index is 1.54. The normalized spacial score (nSPS) is 13.6. The Morgan fingerprint density at radius 3 is 2.39 bits per heavy atom. The molecule has 9 nitrogen and oxygen atoms in total. The lowest BCUT2D eigenvalue weighted by Gasteiger charge is -2.29. The third kappa shape index (κ3) is 7.90. The molecule has 3 aromatic carbocycles. The molecule has 1 aliphatic rings. The van der Waals surface area contributed by atoms with E-state index in [1.54, 1.807) is 42.3 Å². The molecule has 0 fully saturated rings. The topological polar surface area (TPSA) is 103 Å². The number of amides is 1. The van der Waals surface area contributed by atoms with Crippen LogP contribution in [-0.2, 0) is 25.9 Å². The zero-order valence-electron chi connectivity index (χ0n) is 22.4. The van der Waals surface area contributed by atoms with Crippen LogP contribution in [0.1, 0.15) is 22.8 Å². The van der Waals surface area contributed by atoms with Gasteiger partial charge in [0.25, 0.3) is 5.91 Å². The first kappa shape index (κ1) is 30.2. The predicted octanol–water partition coefficient (Wildman–Crippen LogP) is 5.22. The molecule has 1 amide bonds. The van der Waals surface area contributed by atoms with Gasteiger partial charge in [-0.1, -0.05) is 24.3 Å². The monoisotopic (exact) mass is 594 g/mol. The molecule has 0 radical (unpaired) electrons. The first-order valence-corrected chi connectivity index (χ1v) is 14.3. The molecule has 0 aliphatic carbocycles. The van der Waals surface area contributed by atoms with Crippen molar-refractivity contribution < 1.29 is 45.3 Å². The van der Waals surface area contributed by atoms with Crippen LogP contribution in [-0.4, -0.2) is 60.1 Å². The molecule has 0 atom stereocenters. The quantitative estimate of drug-likeness (QED) is 0.227. The van der Waals surface area contributed by atoms with E-state index in [0.29, 0.717) is 43.0 Å². The number of sulfonamides is 1. The van der Waals surface area contributed by atoms with Gasteiger partial charge in [-0.05, 0) is 66.4 Å². The number of methoxy groups -OCH3 is 1. The zero-order valence-corrected chi connectivity index (χ0v) is 23.2. The minimum Gasteiger partial charge on any atom is -0.465 e. The summed E-state index contributed by atoms with van der Waals surface area (Å²) in [6.07, 6.45) is -4.27. The second-order valence-electron chi connectivity index (χ2n) is 9.00. The summed E-state index contributed by atoms with van der Waals surface area (Å²) in [5.74, 6) is -0.505. The minimum atomic E-state index is -4.77. The molecular formula is C28H29F3N2O7S. The summed E-state index contributed by atoms with van der Waals surface area (Å²) in [4.78, 5) is 15.0. The smallest absolute Gasteiger partial charge is 0.465 e. The van der Waals surface area contributed by atoms with Crippen molar-refractivity contribution in [3.63, 3.8) is 0 Å². The van der Waals surface area contributed by atoms with Crippen LogP contribution >= 0.6 is 0 Å². The number of benzene rings is 3. The molecule has 0 spiro atoms. The Hall–Kier alpha value is -3.81. The summed E-state index contributed by atoms with van der Waals surface area (Å²) in [5, 5.41) is 0. The number of nitrogens with zero attached hydrogens (tertiary/aromatic N) is 1. The van der Waals surface area contributed by atoms with Crippen molar-refractivity contribution in [1.82, 2.24) is 0 Å². The number of carbonyl (C=O) groups is 1. The second kappa shape index (κ2) is 12.8. The summed E-state index contributed by atoms with van der Waals surface area (Å²) in [6, 6.07) is 15.5. The highest BCUT2D eigenvalue weighted by Gasteiger charge is 2.31. The Morgan fingerprint density at radius 2 is 1.71 bits per heavy atom. The van der Waals surface area contributed by atoms with Crippen LogP contribution in [0.25, 0.3) is 11.1 Å². The molecule has 0 saturated carbocycles. The molecule has 41 heavy (non-hydrogen) atoms. The number of ether oxygens (including phenoxy) is 4. The molecule has 1 heterocycles. The first-order valence-electron chi connectivity index (χ1n) is 12.6. The largest absolute Gasteiger partial charge is 0.573 e. The molecule has 3 aromatic rings. The van der Waals surface area contributed by atoms with E-state index in [1.165, 1.54) is 31.2 Å². The van der Waals surface area contributed by atoms with E-state index in [-0.39, 0.29) is 35.6 Å².